The van der Waals surface area contributed by atoms with E-state index >= 15 is 0 Å². The maximum absolute atomic E-state index is 12.8. The van der Waals surface area contributed by atoms with Crippen molar-refractivity contribution in [2.24, 2.45) is 0 Å². The molecule has 26 heavy (non-hydrogen) atoms. The van der Waals surface area contributed by atoms with Crippen molar-refractivity contribution in [2.45, 2.75) is 71.9 Å². The third-order valence-electron chi connectivity index (χ3n) is 3.57. The fraction of sp³-hybridized carbons (Fsp3) is 0.667. The van der Waals surface area contributed by atoms with Crippen molar-refractivity contribution in [1.82, 2.24) is 15.3 Å². The SMILES string of the molecule is CC(C)(C)NC(=O)CN(C(=O)OC(C)(C)C)c1nc(Cl)nc2c1CCC2. The number of halogens is 1. The van der Waals surface area contributed by atoms with Crippen LogP contribution in [-0.2, 0) is 22.4 Å². The molecular weight excluding hydrogens is 356 g/mol. The first-order valence-electron chi connectivity index (χ1n) is 8.72. The van der Waals surface area contributed by atoms with E-state index in [-0.39, 0.29) is 17.7 Å². The Morgan fingerprint density at radius 1 is 1.15 bits per heavy atom. The Morgan fingerprint density at radius 2 is 1.81 bits per heavy atom. The molecule has 1 aliphatic rings. The number of carbonyl (C=O) groups excluding carboxylic acids is 2. The van der Waals surface area contributed by atoms with Gasteiger partial charge < -0.3 is 10.1 Å². The van der Waals surface area contributed by atoms with Gasteiger partial charge in [-0.25, -0.2) is 9.78 Å². The Labute approximate surface area is 159 Å². The van der Waals surface area contributed by atoms with Crippen molar-refractivity contribution in [3.05, 3.63) is 16.5 Å². The van der Waals surface area contributed by atoms with E-state index < -0.39 is 17.2 Å². The van der Waals surface area contributed by atoms with Crippen molar-refractivity contribution in [3.63, 3.8) is 0 Å². The van der Waals surface area contributed by atoms with E-state index in [0.717, 1.165) is 30.5 Å². The van der Waals surface area contributed by atoms with Crippen molar-refractivity contribution >= 4 is 29.4 Å². The van der Waals surface area contributed by atoms with E-state index in [4.69, 9.17) is 16.3 Å². The molecule has 0 saturated heterocycles. The van der Waals surface area contributed by atoms with Gasteiger partial charge in [0.2, 0.25) is 11.2 Å². The average Bonchev–Trinajstić information content (AvgIpc) is 2.88. The van der Waals surface area contributed by atoms with Crippen LogP contribution in [0.25, 0.3) is 0 Å². The van der Waals surface area contributed by atoms with Crippen molar-refractivity contribution in [2.75, 3.05) is 11.4 Å². The highest BCUT2D eigenvalue weighted by Gasteiger charge is 2.31. The van der Waals surface area contributed by atoms with Gasteiger partial charge in [-0.05, 0) is 72.4 Å². The maximum atomic E-state index is 12.8. The zero-order valence-corrected chi connectivity index (χ0v) is 17.0. The molecule has 1 heterocycles. The van der Waals surface area contributed by atoms with Gasteiger partial charge in [-0.1, -0.05) is 0 Å². The Kier molecular flexibility index (Phi) is 5.80. The normalized spacial score (nSPS) is 14.0. The summed E-state index contributed by atoms with van der Waals surface area (Å²) in [6.07, 6.45) is 1.79. The summed E-state index contributed by atoms with van der Waals surface area (Å²) in [4.78, 5) is 35.0. The molecule has 1 aromatic heterocycles. The van der Waals surface area contributed by atoms with Crippen molar-refractivity contribution in [3.8, 4) is 0 Å². The van der Waals surface area contributed by atoms with Gasteiger partial charge in [0.1, 0.15) is 18.0 Å². The topological polar surface area (TPSA) is 84.4 Å². The van der Waals surface area contributed by atoms with E-state index in [9.17, 15) is 9.59 Å². The van der Waals surface area contributed by atoms with Gasteiger partial charge in [-0.2, -0.15) is 4.98 Å². The lowest BCUT2D eigenvalue weighted by Gasteiger charge is -2.29. The zero-order chi connectivity index (χ0) is 19.7. The standard InChI is InChI=1S/C18H27ClN4O3/c1-17(2,3)22-13(24)10-23(16(25)26-18(4,5)6)14-11-8-7-9-12(11)20-15(19)21-14/h7-10H2,1-6H3,(H,22,24). The molecule has 0 saturated carbocycles. The van der Waals surface area contributed by atoms with Gasteiger partial charge in [0.05, 0.1) is 5.69 Å². The van der Waals surface area contributed by atoms with Crippen LogP contribution in [0, 0.1) is 0 Å². The summed E-state index contributed by atoms with van der Waals surface area (Å²) in [6, 6.07) is 0. The predicted octanol–water partition coefficient (Wildman–Crippen LogP) is 3.27. The first-order chi connectivity index (χ1) is 11.9. The quantitative estimate of drug-likeness (QED) is 0.811. The van der Waals surface area contributed by atoms with E-state index in [0.29, 0.717) is 5.82 Å². The number of aromatic nitrogens is 2. The summed E-state index contributed by atoms with van der Waals surface area (Å²) >= 11 is 6.05. The summed E-state index contributed by atoms with van der Waals surface area (Å²) in [5, 5.41) is 2.92. The number of rotatable bonds is 3. The number of amides is 2. The number of aryl methyl sites for hydroxylation is 1. The summed E-state index contributed by atoms with van der Waals surface area (Å²) in [6.45, 7) is 10.7. The van der Waals surface area contributed by atoms with Crippen LogP contribution < -0.4 is 10.2 Å². The van der Waals surface area contributed by atoms with E-state index in [1.807, 2.05) is 20.8 Å². The number of hydrogen-bond donors (Lipinski definition) is 1. The third-order valence-corrected chi connectivity index (χ3v) is 3.74. The lowest BCUT2D eigenvalue weighted by molar-refractivity contribution is -0.121. The van der Waals surface area contributed by atoms with E-state index in [2.05, 4.69) is 15.3 Å². The molecule has 0 bridgehead atoms. The molecule has 8 heteroatoms. The van der Waals surface area contributed by atoms with Gasteiger partial charge in [-0.3, -0.25) is 9.69 Å². The lowest BCUT2D eigenvalue weighted by atomic mass is 10.1. The molecule has 2 rings (SSSR count). The van der Waals surface area contributed by atoms with Gasteiger partial charge in [-0.15, -0.1) is 0 Å². The molecule has 0 radical (unpaired) electrons. The van der Waals surface area contributed by atoms with Gasteiger partial charge in [0.15, 0.2) is 0 Å². The molecule has 1 aromatic rings. The minimum atomic E-state index is -0.699. The largest absolute Gasteiger partial charge is 0.443 e. The molecule has 0 aromatic carbocycles. The van der Waals surface area contributed by atoms with Gasteiger partial charge >= 0.3 is 6.09 Å². The summed E-state index contributed by atoms with van der Waals surface area (Å²) in [5.74, 6) is 0.0562. The second-order valence-electron chi connectivity index (χ2n) is 8.46. The van der Waals surface area contributed by atoms with Crippen LogP contribution in [0.3, 0.4) is 0 Å². The van der Waals surface area contributed by atoms with Crippen molar-refractivity contribution < 1.29 is 14.3 Å². The van der Waals surface area contributed by atoms with Crippen LogP contribution in [0.5, 0.6) is 0 Å². The Bertz CT molecular complexity index is 708. The number of nitrogens with one attached hydrogen (secondary N) is 1. The molecule has 0 atom stereocenters. The smallest absolute Gasteiger partial charge is 0.416 e. The second kappa shape index (κ2) is 7.39. The predicted molar refractivity (Wildman–Crippen MR) is 101 cm³/mol. The van der Waals surface area contributed by atoms with Crippen LogP contribution in [0.1, 0.15) is 59.2 Å². The zero-order valence-electron chi connectivity index (χ0n) is 16.3. The first-order valence-corrected chi connectivity index (χ1v) is 9.10. The van der Waals surface area contributed by atoms with Gasteiger partial charge in [0, 0.05) is 11.1 Å². The minimum absolute atomic E-state index is 0.0606. The van der Waals surface area contributed by atoms with E-state index in [1.165, 1.54) is 4.90 Å². The molecule has 0 fully saturated rings. The molecule has 7 nitrogen and oxygen atoms in total. The highest BCUT2D eigenvalue weighted by Crippen LogP contribution is 2.30. The maximum Gasteiger partial charge on any atom is 0.416 e. The number of nitrogens with zero attached hydrogens (tertiary/aromatic N) is 3. The summed E-state index contributed by atoms with van der Waals surface area (Å²) in [5.41, 5.74) is 0.561. The summed E-state index contributed by atoms with van der Waals surface area (Å²) < 4.78 is 5.49. The molecule has 0 unspecified atom stereocenters. The van der Waals surface area contributed by atoms with Crippen LogP contribution >= 0.6 is 11.6 Å². The highest BCUT2D eigenvalue weighted by molar-refractivity contribution is 6.28. The Hall–Kier alpha value is -1.89. The molecule has 1 N–H and O–H groups in total. The molecule has 0 aliphatic heterocycles. The molecular formula is C18H27ClN4O3. The molecule has 1 aliphatic carbocycles. The highest BCUT2D eigenvalue weighted by atomic mass is 35.5. The lowest BCUT2D eigenvalue weighted by Crippen LogP contribution is -2.49. The van der Waals surface area contributed by atoms with Crippen molar-refractivity contribution in [1.29, 1.82) is 0 Å². The fourth-order valence-electron chi connectivity index (χ4n) is 2.75. The number of anilines is 1. The second-order valence-corrected chi connectivity index (χ2v) is 8.80. The fourth-order valence-corrected chi connectivity index (χ4v) is 2.93. The summed E-state index contributed by atoms with van der Waals surface area (Å²) in [7, 11) is 0. The molecule has 144 valence electrons. The Balaban J connectivity index is 2.38. The minimum Gasteiger partial charge on any atom is -0.443 e. The monoisotopic (exact) mass is 382 g/mol. The molecule has 2 amide bonds. The van der Waals surface area contributed by atoms with Crippen LogP contribution in [0.4, 0.5) is 10.6 Å². The first kappa shape index (κ1) is 20.4. The number of ether oxygens (including phenoxy) is 1. The van der Waals surface area contributed by atoms with Crippen LogP contribution in [0.2, 0.25) is 5.28 Å². The Morgan fingerprint density at radius 3 is 2.38 bits per heavy atom. The van der Waals surface area contributed by atoms with Crippen LogP contribution in [0.15, 0.2) is 0 Å². The molecule has 0 spiro atoms. The average molecular weight is 383 g/mol. The third kappa shape index (κ3) is 5.56. The van der Waals surface area contributed by atoms with Gasteiger partial charge in [0.25, 0.3) is 0 Å². The van der Waals surface area contributed by atoms with E-state index in [1.54, 1.807) is 20.8 Å². The van der Waals surface area contributed by atoms with Crippen LogP contribution in [-0.4, -0.2) is 39.7 Å². The number of carbonyl (C=O) groups is 2. The number of hydrogen-bond acceptors (Lipinski definition) is 5. The number of fused-ring (bicyclic) bond motifs is 1.